The van der Waals surface area contributed by atoms with Crippen molar-refractivity contribution in [3.63, 3.8) is 0 Å². The first-order valence-electron chi connectivity index (χ1n) is 28.1. The molecule has 4 saturated carbocycles. The minimum Gasteiger partial charge on any atom is -0.334 e. The Morgan fingerprint density at radius 1 is 0.406 bits per heavy atom. The number of fused-ring (bicyclic) bond motifs is 9. The van der Waals surface area contributed by atoms with E-state index in [0.717, 1.165) is 0 Å². The maximum atomic E-state index is 2.87. The molecule has 0 spiro atoms. The summed E-state index contributed by atoms with van der Waals surface area (Å²) in [5.74, 6) is 1.33. The molecule has 0 radical (unpaired) electrons. The largest absolute Gasteiger partial charge is 0.334 e. The van der Waals surface area contributed by atoms with E-state index in [9.17, 15) is 0 Å². The van der Waals surface area contributed by atoms with Gasteiger partial charge in [-0.3, -0.25) is 0 Å². The highest BCUT2D eigenvalue weighted by atomic mass is 15.3. The van der Waals surface area contributed by atoms with Gasteiger partial charge >= 0.3 is 0 Å². The van der Waals surface area contributed by atoms with Crippen LogP contribution >= 0.6 is 0 Å². The molecule has 0 amide bonds. The molecule has 3 nitrogen and oxygen atoms in total. The van der Waals surface area contributed by atoms with E-state index < -0.39 is 0 Å². The SMILES string of the molecule is CC(C)(C)c1ccc2c(c1)C1(C)CCCCC1(C)N2c1cc(N2c3ccc(C(C)(C)C)cc3C3(C)CCCCC23C)cc(-n2c3ccc(C4CCCCC4)cc3c3cc(C4CCCCC4)ccc32)c1. The Morgan fingerprint density at radius 3 is 1.20 bits per heavy atom. The van der Waals surface area contributed by atoms with Crippen molar-refractivity contribution in [2.45, 2.75) is 229 Å². The van der Waals surface area contributed by atoms with Gasteiger partial charge in [-0.05, 0) is 176 Å². The highest BCUT2D eigenvalue weighted by molar-refractivity contribution is 6.10. The third-order valence-corrected chi connectivity index (χ3v) is 20.6. The van der Waals surface area contributed by atoms with E-state index in [1.54, 1.807) is 22.3 Å². The quantitative estimate of drug-likeness (QED) is 0.171. The Balaban J connectivity index is 1.14. The molecule has 3 heteroatoms. The highest BCUT2D eigenvalue weighted by Gasteiger charge is 2.60. The van der Waals surface area contributed by atoms with E-state index in [-0.39, 0.29) is 32.7 Å². The fraction of sp³-hybridized carbons (Fsp3) is 0.545. The molecule has 5 aromatic carbocycles. The lowest BCUT2D eigenvalue weighted by Gasteiger charge is -2.51. The zero-order valence-electron chi connectivity index (χ0n) is 44.4. The van der Waals surface area contributed by atoms with Crippen molar-refractivity contribution in [2.24, 2.45) is 0 Å². The van der Waals surface area contributed by atoms with Crippen molar-refractivity contribution >= 4 is 44.6 Å². The molecule has 4 fully saturated rings. The van der Waals surface area contributed by atoms with Crippen molar-refractivity contribution in [1.82, 2.24) is 4.57 Å². The second kappa shape index (κ2) is 16.0. The molecule has 69 heavy (non-hydrogen) atoms. The van der Waals surface area contributed by atoms with Crippen LogP contribution in [0.4, 0.5) is 22.7 Å². The van der Waals surface area contributed by atoms with Gasteiger partial charge in [-0.2, -0.15) is 0 Å². The van der Waals surface area contributed by atoms with Crippen molar-refractivity contribution in [3.05, 3.63) is 124 Å². The van der Waals surface area contributed by atoms with Crippen LogP contribution in [-0.2, 0) is 21.7 Å². The molecule has 1 aromatic heterocycles. The predicted molar refractivity (Wildman–Crippen MR) is 295 cm³/mol. The zero-order chi connectivity index (χ0) is 47.9. The van der Waals surface area contributed by atoms with E-state index in [2.05, 4.69) is 175 Å². The maximum absolute atomic E-state index is 2.87. The Hall–Kier alpha value is -4.50. The van der Waals surface area contributed by atoms with Gasteiger partial charge in [0.15, 0.2) is 0 Å². The third-order valence-electron chi connectivity index (χ3n) is 20.6. The molecule has 0 bridgehead atoms. The van der Waals surface area contributed by atoms with Crippen LogP contribution in [-0.4, -0.2) is 15.6 Å². The third kappa shape index (κ3) is 6.83. The van der Waals surface area contributed by atoms with Crippen LogP contribution in [0.3, 0.4) is 0 Å². The molecular formula is C66H83N3. The molecule has 2 aliphatic heterocycles. The summed E-state index contributed by atoms with van der Waals surface area (Å²) in [7, 11) is 0. The van der Waals surface area contributed by atoms with Crippen LogP contribution in [0.25, 0.3) is 27.5 Å². The monoisotopic (exact) mass is 918 g/mol. The van der Waals surface area contributed by atoms with Crippen molar-refractivity contribution in [2.75, 3.05) is 9.80 Å². The van der Waals surface area contributed by atoms with E-state index >= 15 is 0 Å². The first-order chi connectivity index (χ1) is 32.9. The second-order valence-corrected chi connectivity index (χ2v) is 26.5. The molecule has 0 N–H and O–H groups in total. The summed E-state index contributed by atoms with van der Waals surface area (Å²) in [6.07, 6.45) is 23.4. The molecular weight excluding hydrogens is 835 g/mol. The fourth-order valence-electron chi connectivity index (χ4n) is 15.9. The Labute approximate surface area is 416 Å². The molecule has 362 valence electrons. The number of nitrogens with zero attached hydrogens (tertiary/aromatic N) is 3. The highest BCUT2D eigenvalue weighted by Crippen LogP contribution is 2.64. The van der Waals surface area contributed by atoms with Crippen molar-refractivity contribution in [1.29, 1.82) is 0 Å². The first kappa shape index (κ1) is 45.6. The summed E-state index contributed by atoms with van der Waals surface area (Å²) in [6.45, 7) is 24.8. The summed E-state index contributed by atoms with van der Waals surface area (Å²) < 4.78 is 2.71. The smallest absolute Gasteiger partial charge is 0.0541 e. The van der Waals surface area contributed by atoms with Crippen LogP contribution in [0.1, 0.15) is 230 Å². The average molecular weight is 918 g/mol. The van der Waals surface area contributed by atoms with Gasteiger partial charge in [-0.15, -0.1) is 0 Å². The maximum Gasteiger partial charge on any atom is 0.0541 e. The number of benzene rings is 5. The lowest BCUT2D eigenvalue weighted by atomic mass is 9.61. The van der Waals surface area contributed by atoms with E-state index in [1.165, 1.54) is 177 Å². The fourth-order valence-corrected chi connectivity index (χ4v) is 15.9. The zero-order valence-corrected chi connectivity index (χ0v) is 44.4. The van der Waals surface area contributed by atoms with Crippen LogP contribution in [0.2, 0.25) is 0 Å². The van der Waals surface area contributed by atoms with Crippen LogP contribution in [0.5, 0.6) is 0 Å². The predicted octanol–water partition coefficient (Wildman–Crippen LogP) is 19.0. The molecule has 6 aliphatic rings. The van der Waals surface area contributed by atoms with Gasteiger partial charge in [-0.25, -0.2) is 0 Å². The topological polar surface area (TPSA) is 11.4 Å². The van der Waals surface area contributed by atoms with Gasteiger partial charge in [0, 0.05) is 44.4 Å². The number of hydrogen-bond acceptors (Lipinski definition) is 2. The van der Waals surface area contributed by atoms with E-state index in [1.807, 2.05) is 0 Å². The Bertz CT molecular complexity index is 2780. The van der Waals surface area contributed by atoms with Gasteiger partial charge in [-0.1, -0.05) is 156 Å². The average Bonchev–Trinajstić information content (AvgIpc) is 3.86. The minimum absolute atomic E-state index is 0.0351. The van der Waals surface area contributed by atoms with Gasteiger partial charge in [0.25, 0.3) is 0 Å². The molecule has 0 saturated heterocycles. The molecule has 12 rings (SSSR count). The number of aromatic nitrogens is 1. The van der Waals surface area contributed by atoms with E-state index in [4.69, 9.17) is 0 Å². The first-order valence-corrected chi connectivity index (χ1v) is 28.1. The van der Waals surface area contributed by atoms with Crippen LogP contribution in [0.15, 0.2) is 91.0 Å². The van der Waals surface area contributed by atoms with E-state index in [0.29, 0.717) is 11.8 Å². The van der Waals surface area contributed by atoms with Gasteiger partial charge in [0.2, 0.25) is 0 Å². The molecule has 3 heterocycles. The van der Waals surface area contributed by atoms with Crippen LogP contribution in [0, 0.1) is 0 Å². The molecule has 6 aromatic rings. The second-order valence-electron chi connectivity index (χ2n) is 26.5. The standard InChI is InChI=1S/C66H83N3/c1-61(2,3)48-27-31-59-55(39-48)63(7)33-17-19-35-65(63,9)68(59)51-41-50(42-52(43-51)69-60-32-28-49(62(4,5)6)40-56(60)64(8)34-18-20-36-66(64,69)10)67-57-29-25-46(44-21-13-11-14-22-44)37-53(57)54-38-47(26-30-58(54)67)45-23-15-12-16-24-45/h25-32,37-45H,11-24,33-36H2,1-10H3. The Kier molecular flexibility index (Phi) is 10.6. The number of hydrogen-bond donors (Lipinski definition) is 0. The number of anilines is 4. The lowest BCUT2D eigenvalue weighted by Crippen LogP contribution is -2.55. The molecule has 4 aliphatic carbocycles. The Morgan fingerprint density at radius 2 is 0.797 bits per heavy atom. The van der Waals surface area contributed by atoms with Gasteiger partial charge in [0.1, 0.15) is 0 Å². The minimum atomic E-state index is -0.0710. The summed E-state index contributed by atoms with van der Waals surface area (Å²) in [5.41, 5.74) is 18.7. The summed E-state index contributed by atoms with van der Waals surface area (Å²) >= 11 is 0. The van der Waals surface area contributed by atoms with Crippen LogP contribution < -0.4 is 9.80 Å². The van der Waals surface area contributed by atoms with Gasteiger partial charge in [0.05, 0.1) is 27.8 Å². The van der Waals surface area contributed by atoms with Gasteiger partial charge < -0.3 is 14.4 Å². The molecule has 4 atom stereocenters. The molecule has 4 unspecified atom stereocenters. The summed E-state index contributed by atoms with van der Waals surface area (Å²) in [5, 5.41) is 2.89. The van der Waals surface area contributed by atoms with Crippen molar-refractivity contribution in [3.8, 4) is 5.69 Å². The van der Waals surface area contributed by atoms with Crippen molar-refractivity contribution < 1.29 is 0 Å². The lowest BCUT2D eigenvalue weighted by molar-refractivity contribution is 0.194. The number of rotatable bonds is 5. The summed E-state index contributed by atoms with van der Waals surface area (Å²) in [4.78, 5) is 5.75. The normalized spacial score (nSPS) is 27.7. The summed E-state index contributed by atoms with van der Waals surface area (Å²) in [6, 6.07) is 38.5.